The maximum Gasteiger partial charge on any atom is 0.297 e. The highest BCUT2D eigenvalue weighted by atomic mass is 16.6. The number of hydrogen-bond donors (Lipinski definition) is 0. The van der Waals surface area contributed by atoms with Crippen LogP contribution in [-0.4, -0.2) is 4.92 Å². The van der Waals surface area contributed by atoms with E-state index in [1.807, 2.05) is 51.1 Å². The molecule has 0 heterocycles. The minimum absolute atomic E-state index is 0.0255. The van der Waals surface area contributed by atoms with Gasteiger partial charge in [-0.2, -0.15) is 5.11 Å². The van der Waals surface area contributed by atoms with Crippen LogP contribution in [0.5, 0.6) is 0 Å². The Balaban J connectivity index is 2.33. The summed E-state index contributed by atoms with van der Waals surface area (Å²) in [6.45, 7) is 12.5. The van der Waals surface area contributed by atoms with Crippen LogP contribution in [0.4, 0.5) is 17.1 Å². The van der Waals surface area contributed by atoms with E-state index in [4.69, 9.17) is 0 Å². The number of azo groups is 1. The molecule has 2 rings (SSSR count). The fourth-order valence-electron chi connectivity index (χ4n) is 2.36. The van der Waals surface area contributed by atoms with E-state index in [1.54, 1.807) is 12.1 Å². The van der Waals surface area contributed by atoms with Crippen LogP contribution in [0.1, 0.15) is 52.7 Å². The molecule has 0 unspecified atom stereocenters. The molecule has 5 heteroatoms. The minimum atomic E-state index is -0.410. The normalized spacial score (nSPS) is 12.6. The topological polar surface area (TPSA) is 67.9 Å². The number of rotatable bonds is 3. The second-order valence-electron chi connectivity index (χ2n) is 8.21. The van der Waals surface area contributed by atoms with Crippen LogP contribution in [0.15, 0.2) is 52.7 Å². The smallest absolute Gasteiger partial charge is 0.258 e. The summed E-state index contributed by atoms with van der Waals surface area (Å²) in [5.74, 6) is 0. The molecule has 0 atom stereocenters. The number of hydrogen-bond acceptors (Lipinski definition) is 4. The van der Waals surface area contributed by atoms with Crippen LogP contribution >= 0.6 is 0 Å². The fraction of sp³-hybridized carbons (Fsp3) is 0.400. The first-order valence-corrected chi connectivity index (χ1v) is 8.30. The summed E-state index contributed by atoms with van der Waals surface area (Å²) >= 11 is 0. The van der Waals surface area contributed by atoms with Gasteiger partial charge in [0.05, 0.1) is 10.6 Å². The van der Waals surface area contributed by atoms with Crippen LogP contribution in [0, 0.1) is 10.1 Å². The molecule has 5 nitrogen and oxygen atoms in total. The third-order valence-corrected chi connectivity index (χ3v) is 4.04. The predicted molar refractivity (Wildman–Crippen MR) is 101 cm³/mol. The van der Waals surface area contributed by atoms with Crippen LogP contribution in [0.2, 0.25) is 0 Å². The molecular weight excluding hydrogens is 314 g/mol. The lowest BCUT2D eigenvalue weighted by molar-refractivity contribution is -0.384. The molecule has 0 aromatic heterocycles. The largest absolute Gasteiger partial charge is 0.297 e. The zero-order valence-corrected chi connectivity index (χ0v) is 15.7. The third-order valence-electron chi connectivity index (χ3n) is 4.04. The van der Waals surface area contributed by atoms with Crippen LogP contribution in [0.25, 0.3) is 0 Å². The van der Waals surface area contributed by atoms with Gasteiger partial charge in [-0.3, -0.25) is 10.1 Å². The third kappa shape index (κ3) is 4.72. The van der Waals surface area contributed by atoms with Crippen LogP contribution < -0.4 is 0 Å². The lowest BCUT2D eigenvalue weighted by Gasteiger charge is -2.18. The van der Waals surface area contributed by atoms with E-state index in [9.17, 15) is 10.1 Å². The van der Waals surface area contributed by atoms with Gasteiger partial charge < -0.3 is 0 Å². The summed E-state index contributed by atoms with van der Waals surface area (Å²) in [6.07, 6.45) is 0. The Morgan fingerprint density at radius 1 is 0.800 bits per heavy atom. The molecule has 0 radical (unpaired) electrons. The Labute approximate surface area is 149 Å². The average molecular weight is 339 g/mol. The van der Waals surface area contributed by atoms with Crippen molar-refractivity contribution in [3.05, 3.63) is 63.7 Å². The van der Waals surface area contributed by atoms with E-state index in [2.05, 4.69) is 31.0 Å². The van der Waals surface area contributed by atoms with Gasteiger partial charge in [0, 0.05) is 6.07 Å². The average Bonchev–Trinajstić information content (AvgIpc) is 2.51. The van der Waals surface area contributed by atoms with Crippen molar-refractivity contribution in [2.75, 3.05) is 0 Å². The van der Waals surface area contributed by atoms with E-state index in [0.29, 0.717) is 5.69 Å². The molecule has 25 heavy (non-hydrogen) atoms. The quantitative estimate of drug-likeness (QED) is 0.359. The molecular formula is C20H25N3O2. The standard InChI is InChI=1S/C20H25N3O2/c1-19(2,3)14-7-10-16(11-8-14)21-22-17-12-9-15(20(4,5)6)13-18(17)23(24)25/h7-13H,1-6H3. The van der Waals surface area contributed by atoms with Crippen molar-refractivity contribution in [1.29, 1.82) is 0 Å². The van der Waals surface area contributed by atoms with Crippen molar-refractivity contribution in [3.63, 3.8) is 0 Å². The summed E-state index contributed by atoms with van der Waals surface area (Å²) < 4.78 is 0. The van der Waals surface area contributed by atoms with E-state index in [1.165, 1.54) is 5.56 Å². The zero-order chi connectivity index (χ0) is 18.8. The summed E-state index contributed by atoms with van der Waals surface area (Å²) in [5.41, 5.74) is 2.91. The Morgan fingerprint density at radius 3 is 1.80 bits per heavy atom. The molecule has 2 aromatic rings. The van der Waals surface area contributed by atoms with Crippen molar-refractivity contribution >= 4 is 17.1 Å². The molecule has 0 aliphatic rings. The van der Waals surface area contributed by atoms with Crippen molar-refractivity contribution in [1.82, 2.24) is 0 Å². The molecule has 0 saturated heterocycles. The highest BCUT2D eigenvalue weighted by Crippen LogP contribution is 2.34. The van der Waals surface area contributed by atoms with Gasteiger partial charge in [0.1, 0.15) is 0 Å². The second kappa shape index (κ2) is 6.75. The lowest BCUT2D eigenvalue weighted by atomic mass is 9.86. The molecule has 132 valence electrons. The summed E-state index contributed by atoms with van der Waals surface area (Å²) in [6, 6.07) is 12.9. The Kier molecular flexibility index (Phi) is 5.07. The Bertz CT molecular complexity index is 795. The minimum Gasteiger partial charge on any atom is -0.258 e. The fourth-order valence-corrected chi connectivity index (χ4v) is 2.36. The van der Waals surface area contributed by atoms with E-state index in [-0.39, 0.29) is 22.2 Å². The summed E-state index contributed by atoms with van der Waals surface area (Å²) in [5, 5.41) is 19.6. The SMILES string of the molecule is CC(C)(C)c1ccc(N=Nc2ccc(C(C)(C)C)cc2[N+](=O)[O-])cc1. The van der Waals surface area contributed by atoms with Crippen molar-refractivity contribution in [2.24, 2.45) is 10.2 Å². The molecule has 0 bridgehead atoms. The first kappa shape index (κ1) is 18.8. The second-order valence-corrected chi connectivity index (χ2v) is 8.21. The lowest BCUT2D eigenvalue weighted by Crippen LogP contribution is -2.11. The monoisotopic (exact) mass is 339 g/mol. The molecule has 0 aliphatic heterocycles. The van der Waals surface area contributed by atoms with Gasteiger partial charge >= 0.3 is 0 Å². The van der Waals surface area contributed by atoms with Gasteiger partial charge in [-0.05, 0) is 40.2 Å². The van der Waals surface area contributed by atoms with Gasteiger partial charge in [0.2, 0.25) is 0 Å². The predicted octanol–water partition coefficient (Wildman–Crippen LogP) is 6.61. The molecule has 2 aromatic carbocycles. The highest BCUT2D eigenvalue weighted by molar-refractivity contribution is 5.59. The Hall–Kier alpha value is -2.56. The van der Waals surface area contributed by atoms with Gasteiger partial charge in [-0.1, -0.05) is 59.7 Å². The first-order valence-electron chi connectivity index (χ1n) is 8.30. The first-order chi connectivity index (χ1) is 11.5. The maximum atomic E-state index is 11.4. The van der Waals surface area contributed by atoms with E-state index < -0.39 is 4.92 Å². The molecule has 0 aliphatic carbocycles. The van der Waals surface area contributed by atoms with E-state index >= 15 is 0 Å². The molecule has 0 N–H and O–H groups in total. The molecule has 0 spiro atoms. The maximum absolute atomic E-state index is 11.4. The van der Waals surface area contributed by atoms with Crippen LogP contribution in [-0.2, 0) is 10.8 Å². The summed E-state index contributed by atoms with van der Waals surface area (Å²) in [7, 11) is 0. The molecule has 0 amide bonds. The van der Waals surface area contributed by atoms with Crippen molar-refractivity contribution in [2.45, 2.75) is 52.4 Å². The molecule has 0 fully saturated rings. The van der Waals surface area contributed by atoms with Gasteiger partial charge in [0.15, 0.2) is 5.69 Å². The van der Waals surface area contributed by atoms with Crippen molar-refractivity contribution < 1.29 is 4.92 Å². The number of nitrogens with zero attached hydrogens (tertiary/aromatic N) is 3. The summed E-state index contributed by atoms with van der Waals surface area (Å²) in [4.78, 5) is 11.0. The van der Waals surface area contributed by atoms with Gasteiger partial charge in [0.25, 0.3) is 5.69 Å². The zero-order valence-electron chi connectivity index (χ0n) is 15.7. The van der Waals surface area contributed by atoms with E-state index in [0.717, 1.165) is 5.56 Å². The number of nitro groups is 1. The van der Waals surface area contributed by atoms with Gasteiger partial charge in [-0.15, -0.1) is 5.11 Å². The van der Waals surface area contributed by atoms with Gasteiger partial charge in [-0.25, -0.2) is 0 Å². The molecule has 0 saturated carbocycles. The highest BCUT2D eigenvalue weighted by Gasteiger charge is 2.21. The Morgan fingerprint density at radius 2 is 1.32 bits per heavy atom. The van der Waals surface area contributed by atoms with Crippen molar-refractivity contribution in [3.8, 4) is 0 Å². The number of nitro benzene ring substituents is 1. The number of benzene rings is 2. The van der Waals surface area contributed by atoms with Crippen LogP contribution in [0.3, 0.4) is 0 Å².